The number of hydrogen-bond acceptors (Lipinski definition) is 4. The molecule has 0 aliphatic rings. The van der Waals surface area contributed by atoms with Crippen LogP contribution < -0.4 is 5.73 Å². The van der Waals surface area contributed by atoms with Crippen molar-refractivity contribution in [1.82, 2.24) is 20.2 Å². The fraction of sp³-hybridized carbons (Fsp3) is 0.125. The second-order valence-electron chi connectivity index (χ2n) is 3.11. The Morgan fingerprint density at radius 3 is 2.47 bits per heavy atom. The van der Waals surface area contributed by atoms with Crippen molar-refractivity contribution in [2.24, 2.45) is 0 Å². The van der Waals surface area contributed by atoms with E-state index in [1.54, 1.807) is 0 Å². The van der Waals surface area contributed by atoms with Gasteiger partial charge in [-0.2, -0.15) is 17.9 Å². The van der Waals surface area contributed by atoms with E-state index in [9.17, 15) is 13.2 Å². The summed E-state index contributed by atoms with van der Waals surface area (Å²) in [6.45, 7) is 0. The summed E-state index contributed by atoms with van der Waals surface area (Å²) in [4.78, 5) is 0. The normalized spacial score (nSPS) is 11.8. The standard InChI is InChI=1S/C8H5ClF3N5/c9-5-3-4(8(10,11)12)1-2-6(5)17-7(13)14-15-16-17/h1-3H,(H2,13,14,16). The van der Waals surface area contributed by atoms with Crippen molar-refractivity contribution in [2.45, 2.75) is 6.18 Å². The van der Waals surface area contributed by atoms with Gasteiger partial charge in [0, 0.05) is 0 Å². The number of benzene rings is 1. The number of nitrogen functional groups attached to an aromatic ring is 1. The van der Waals surface area contributed by atoms with E-state index in [0.29, 0.717) is 0 Å². The Hall–Kier alpha value is -1.83. The molecule has 0 aliphatic heterocycles. The van der Waals surface area contributed by atoms with Gasteiger partial charge in [-0.3, -0.25) is 0 Å². The Morgan fingerprint density at radius 1 is 1.29 bits per heavy atom. The lowest BCUT2D eigenvalue weighted by Crippen LogP contribution is -2.07. The number of aromatic nitrogens is 4. The minimum atomic E-state index is -4.45. The molecule has 9 heteroatoms. The summed E-state index contributed by atoms with van der Waals surface area (Å²) in [6.07, 6.45) is -4.45. The number of nitrogens with zero attached hydrogens (tertiary/aromatic N) is 4. The maximum absolute atomic E-state index is 12.4. The predicted octanol–water partition coefficient (Wildman–Crippen LogP) is 1.92. The van der Waals surface area contributed by atoms with Crippen LogP contribution in [0.2, 0.25) is 5.02 Å². The molecule has 0 aliphatic carbocycles. The Morgan fingerprint density at radius 2 is 2.00 bits per heavy atom. The van der Waals surface area contributed by atoms with Crippen LogP contribution in [-0.2, 0) is 6.18 Å². The van der Waals surface area contributed by atoms with E-state index in [0.717, 1.165) is 22.9 Å². The Labute approximate surface area is 98.0 Å². The molecule has 17 heavy (non-hydrogen) atoms. The van der Waals surface area contributed by atoms with Gasteiger partial charge in [0.05, 0.1) is 16.3 Å². The van der Waals surface area contributed by atoms with Crippen molar-refractivity contribution >= 4 is 17.5 Å². The van der Waals surface area contributed by atoms with Gasteiger partial charge in [0.1, 0.15) is 0 Å². The smallest absolute Gasteiger partial charge is 0.366 e. The van der Waals surface area contributed by atoms with E-state index >= 15 is 0 Å². The van der Waals surface area contributed by atoms with Crippen LogP contribution in [0.3, 0.4) is 0 Å². The molecule has 0 radical (unpaired) electrons. The van der Waals surface area contributed by atoms with Crippen molar-refractivity contribution in [3.8, 4) is 5.69 Å². The van der Waals surface area contributed by atoms with Gasteiger partial charge >= 0.3 is 6.18 Å². The van der Waals surface area contributed by atoms with Gasteiger partial charge in [0.2, 0.25) is 5.95 Å². The maximum Gasteiger partial charge on any atom is 0.416 e. The summed E-state index contributed by atoms with van der Waals surface area (Å²) in [5.41, 5.74) is 4.74. The van der Waals surface area contributed by atoms with E-state index in [-0.39, 0.29) is 16.7 Å². The highest BCUT2D eigenvalue weighted by Gasteiger charge is 2.31. The van der Waals surface area contributed by atoms with Crippen LogP contribution in [0.5, 0.6) is 0 Å². The van der Waals surface area contributed by atoms with Crippen LogP contribution in [-0.4, -0.2) is 20.2 Å². The van der Waals surface area contributed by atoms with Gasteiger partial charge in [0.25, 0.3) is 0 Å². The highest BCUT2D eigenvalue weighted by molar-refractivity contribution is 6.32. The molecule has 2 aromatic rings. The number of anilines is 1. The van der Waals surface area contributed by atoms with Crippen LogP contribution in [0.4, 0.5) is 19.1 Å². The molecule has 0 fully saturated rings. The molecule has 1 aromatic carbocycles. The van der Waals surface area contributed by atoms with Gasteiger partial charge in [-0.1, -0.05) is 16.7 Å². The zero-order chi connectivity index (χ0) is 12.6. The first-order valence-electron chi connectivity index (χ1n) is 4.30. The van der Waals surface area contributed by atoms with Gasteiger partial charge < -0.3 is 5.73 Å². The Balaban J connectivity index is 2.50. The number of hydrogen-bond donors (Lipinski definition) is 1. The SMILES string of the molecule is Nc1nnnn1-c1ccc(C(F)(F)F)cc1Cl. The highest BCUT2D eigenvalue weighted by Crippen LogP contribution is 2.33. The molecule has 2 rings (SSSR count). The molecule has 0 saturated carbocycles. The minimum absolute atomic E-state index is 0.0633. The van der Waals surface area contributed by atoms with Crippen LogP contribution in [0.1, 0.15) is 5.56 Å². The van der Waals surface area contributed by atoms with Crippen LogP contribution in [0.15, 0.2) is 18.2 Å². The van der Waals surface area contributed by atoms with E-state index < -0.39 is 11.7 Å². The predicted molar refractivity (Wildman–Crippen MR) is 53.6 cm³/mol. The molecule has 0 amide bonds. The van der Waals surface area contributed by atoms with E-state index in [4.69, 9.17) is 17.3 Å². The molecule has 0 unspecified atom stereocenters. The quantitative estimate of drug-likeness (QED) is 0.853. The van der Waals surface area contributed by atoms with Crippen LogP contribution in [0.25, 0.3) is 5.69 Å². The molecule has 90 valence electrons. The first kappa shape index (κ1) is 11.6. The first-order valence-corrected chi connectivity index (χ1v) is 4.68. The lowest BCUT2D eigenvalue weighted by Gasteiger charge is -2.09. The number of tetrazole rings is 1. The average molecular weight is 264 g/mol. The summed E-state index contributed by atoms with van der Waals surface area (Å²) >= 11 is 5.73. The topological polar surface area (TPSA) is 69.6 Å². The summed E-state index contributed by atoms with van der Waals surface area (Å²) in [6, 6.07) is 2.82. The number of halogens is 4. The summed E-state index contributed by atoms with van der Waals surface area (Å²) < 4.78 is 38.2. The largest absolute Gasteiger partial charge is 0.416 e. The Kier molecular flexibility index (Phi) is 2.66. The molecular weight excluding hydrogens is 259 g/mol. The van der Waals surface area contributed by atoms with E-state index in [1.807, 2.05) is 0 Å². The molecule has 1 heterocycles. The van der Waals surface area contributed by atoms with Crippen LogP contribution in [0, 0.1) is 0 Å². The number of nitrogens with two attached hydrogens (primary N) is 1. The third-order valence-electron chi connectivity index (χ3n) is 2.00. The van der Waals surface area contributed by atoms with Crippen molar-refractivity contribution in [3.05, 3.63) is 28.8 Å². The molecule has 2 N–H and O–H groups in total. The number of alkyl halides is 3. The van der Waals surface area contributed by atoms with Crippen molar-refractivity contribution in [2.75, 3.05) is 5.73 Å². The molecular formula is C8H5ClF3N5. The zero-order valence-electron chi connectivity index (χ0n) is 8.11. The lowest BCUT2D eigenvalue weighted by atomic mass is 10.2. The van der Waals surface area contributed by atoms with Crippen molar-refractivity contribution < 1.29 is 13.2 Å². The molecule has 5 nitrogen and oxygen atoms in total. The van der Waals surface area contributed by atoms with Gasteiger partial charge in [-0.15, -0.1) is 0 Å². The average Bonchev–Trinajstić information content (AvgIpc) is 2.63. The maximum atomic E-state index is 12.4. The summed E-state index contributed by atoms with van der Waals surface area (Å²) in [5, 5.41) is 10.0. The fourth-order valence-electron chi connectivity index (χ4n) is 1.22. The van der Waals surface area contributed by atoms with Gasteiger partial charge in [-0.05, 0) is 28.6 Å². The molecule has 0 saturated heterocycles. The monoisotopic (exact) mass is 263 g/mol. The number of rotatable bonds is 1. The second kappa shape index (κ2) is 3.88. The highest BCUT2D eigenvalue weighted by atomic mass is 35.5. The van der Waals surface area contributed by atoms with E-state index in [1.165, 1.54) is 0 Å². The third kappa shape index (κ3) is 2.16. The summed E-state index contributed by atoms with van der Waals surface area (Å²) in [5.74, 6) is -0.0633. The van der Waals surface area contributed by atoms with Gasteiger partial charge in [0.15, 0.2) is 0 Å². The Bertz CT molecular complexity index is 550. The molecule has 0 atom stereocenters. The lowest BCUT2D eigenvalue weighted by molar-refractivity contribution is -0.137. The summed E-state index contributed by atoms with van der Waals surface area (Å²) in [7, 11) is 0. The van der Waals surface area contributed by atoms with Crippen LogP contribution >= 0.6 is 11.6 Å². The zero-order valence-corrected chi connectivity index (χ0v) is 8.87. The first-order chi connectivity index (χ1) is 7.89. The fourth-order valence-corrected chi connectivity index (χ4v) is 1.48. The third-order valence-corrected chi connectivity index (χ3v) is 2.30. The molecule has 0 bridgehead atoms. The van der Waals surface area contributed by atoms with Gasteiger partial charge in [-0.25, -0.2) is 0 Å². The molecule has 1 aromatic heterocycles. The minimum Gasteiger partial charge on any atom is -0.366 e. The molecule has 0 spiro atoms. The van der Waals surface area contributed by atoms with Crippen molar-refractivity contribution in [3.63, 3.8) is 0 Å². The van der Waals surface area contributed by atoms with E-state index in [2.05, 4.69) is 15.5 Å². The van der Waals surface area contributed by atoms with Crippen molar-refractivity contribution in [1.29, 1.82) is 0 Å². The second-order valence-corrected chi connectivity index (χ2v) is 3.52.